The molecule has 0 radical (unpaired) electrons. The summed E-state index contributed by atoms with van der Waals surface area (Å²) in [6.45, 7) is 7.98. The van der Waals surface area contributed by atoms with Crippen LogP contribution in [0.2, 0.25) is 0 Å². The molecule has 17 heavy (non-hydrogen) atoms. The first-order valence-corrected chi connectivity index (χ1v) is 5.64. The molecule has 0 aromatic rings. The van der Waals surface area contributed by atoms with Gasteiger partial charge in [-0.05, 0) is 18.3 Å². The van der Waals surface area contributed by atoms with Gasteiger partial charge in [-0.25, -0.2) is 9.59 Å². The first-order valence-electron chi connectivity index (χ1n) is 5.64. The lowest BCUT2D eigenvalue weighted by molar-refractivity contribution is -0.145. The van der Waals surface area contributed by atoms with Crippen molar-refractivity contribution >= 4 is 12.1 Å². The van der Waals surface area contributed by atoms with Gasteiger partial charge in [-0.1, -0.05) is 26.5 Å². The number of carboxylic acid groups (broad SMARTS) is 1. The molecule has 1 unspecified atom stereocenters. The van der Waals surface area contributed by atoms with E-state index < -0.39 is 18.1 Å². The summed E-state index contributed by atoms with van der Waals surface area (Å²) >= 11 is 0. The monoisotopic (exact) mass is 241 g/mol. The van der Waals surface area contributed by atoms with Crippen molar-refractivity contribution in [3.8, 4) is 0 Å². The summed E-state index contributed by atoms with van der Waals surface area (Å²) in [7, 11) is 0. The fourth-order valence-electron chi connectivity index (χ4n) is 1.97. The van der Waals surface area contributed by atoms with Crippen molar-refractivity contribution in [2.75, 3.05) is 13.2 Å². The van der Waals surface area contributed by atoms with Crippen LogP contribution in [0.15, 0.2) is 12.7 Å². The third-order valence-electron chi connectivity index (χ3n) is 3.00. The smallest absolute Gasteiger partial charge is 0.410 e. The molecule has 0 aromatic heterocycles. The van der Waals surface area contributed by atoms with Gasteiger partial charge in [0.25, 0.3) is 0 Å². The Kier molecular flexibility index (Phi) is 4.15. The van der Waals surface area contributed by atoms with Crippen LogP contribution in [-0.2, 0) is 9.53 Å². The number of hydrogen-bond donors (Lipinski definition) is 1. The number of nitrogens with zero attached hydrogens (tertiary/aromatic N) is 1. The van der Waals surface area contributed by atoms with Crippen molar-refractivity contribution in [3.05, 3.63) is 12.7 Å². The Bertz CT molecular complexity index is 324. The van der Waals surface area contributed by atoms with E-state index in [0.717, 1.165) is 6.42 Å². The van der Waals surface area contributed by atoms with Gasteiger partial charge in [-0.2, -0.15) is 0 Å². The van der Waals surface area contributed by atoms with Gasteiger partial charge in [0.1, 0.15) is 12.6 Å². The number of carboxylic acids is 1. The van der Waals surface area contributed by atoms with Gasteiger partial charge in [0.05, 0.1) is 0 Å². The molecule has 1 heterocycles. The number of piperidine rings is 1. The number of aliphatic carboxylic acids is 1. The van der Waals surface area contributed by atoms with E-state index in [4.69, 9.17) is 9.84 Å². The Morgan fingerprint density at radius 3 is 2.76 bits per heavy atom. The molecule has 1 aliphatic rings. The Morgan fingerprint density at radius 2 is 2.24 bits per heavy atom. The van der Waals surface area contributed by atoms with Crippen molar-refractivity contribution in [1.29, 1.82) is 0 Å². The second kappa shape index (κ2) is 5.21. The predicted octanol–water partition coefficient (Wildman–Crippen LogP) is 1.88. The van der Waals surface area contributed by atoms with Crippen molar-refractivity contribution < 1.29 is 19.4 Å². The molecule has 0 spiro atoms. The van der Waals surface area contributed by atoms with Crippen LogP contribution >= 0.6 is 0 Å². The SMILES string of the molecule is C=CCOC(=O)N1CCC(C)(C)CC1C(=O)O. The quantitative estimate of drug-likeness (QED) is 0.766. The second-order valence-corrected chi connectivity index (χ2v) is 5.03. The van der Waals surface area contributed by atoms with E-state index in [9.17, 15) is 9.59 Å². The van der Waals surface area contributed by atoms with E-state index in [2.05, 4.69) is 6.58 Å². The molecule has 1 fully saturated rings. The second-order valence-electron chi connectivity index (χ2n) is 5.03. The fourth-order valence-corrected chi connectivity index (χ4v) is 1.97. The average molecular weight is 241 g/mol. The molecule has 0 bridgehead atoms. The molecule has 1 saturated heterocycles. The van der Waals surface area contributed by atoms with E-state index in [1.165, 1.54) is 11.0 Å². The maximum absolute atomic E-state index is 11.7. The molecule has 5 nitrogen and oxygen atoms in total. The molecule has 0 saturated carbocycles. The molecule has 5 heteroatoms. The molecule has 0 aliphatic carbocycles. The summed E-state index contributed by atoms with van der Waals surface area (Å²) in [6.07, 6.45) is 2.11. The van der Waals surface area contributed by atoms with Crippen LogP contribution in [0.5, 0.6) is 0 Å². The van der Waals surface area contributed by atoms with Gasteiger partial charge >= 0.3 is 12.1 Å². The van der Waals surface area contributed by atoms with E-state index in [1.54, 1.807) is 0 Å². The summed E-state index contributed by atoms with van der Waals surface area (Å²) in [5.74, 6) is -0.978. The van der Waals surface area contributed by atoms with E-state index in [1.807, 2.05) is 13.8 Å². The molecular weight excluding hydrogens is 222 g/mol. The van der Waals surface area contributed by atoms with Crippen molar-refractivity contribution in [1.82, 2.24) is 4.90 Å². The molecule has 96 valence electrons. The van der Waals surface area contributed by atoms with E-state index in [0.29, 0.717) is 13.0 Å². The summed E-state index contributed by atoms with van der Waals surface area (Å²) in [6, 6.07) is -0.795. The van der Waals surface area contributed by atoms with Gasteiger partial charge in [-0.3, -0.25) is 4.90 Å². The zero-order chi connectivity index (χ0) is 13.1. The minimum atomic E-state index is -0.978. The predicted molar refractivity (Wildman–Crippen MR) is 62.7 cm³/mol. The Labute approximate surface area is 101 Å². The van der Waals surface area contributed by atoms with Crippen LogP contribution in [0.25, 0.3) is 0 Å². The molecular formula is C12H19NO4. The number of carbonyl (C=O) groups is 2. The number of amides is 1. The zero-order valence-electron chi connectivity index (χ0n) is 10.3. The molecule has 1 atom stereocenters. The lowest BCUT2D eigenvalue weighted by atomic mass is 9.79. The lowest BCUT2D eigenvalue weighted by Gasteiger charge is -2.40. The normalized spacial score (nSPS) is 22.9. The summed E-state index contributed by atoms with van der Waals surface area (Å²) in [5.41, 5.74) is -0.0573. The van der Waals surface area contributed by atoms with Crippen LogP contribution in [0, 0.1) is 5.41 Å². The van der Waals surface area contributed by atoms with Gasteiger partial charge in [0.2, 0.25) is 0 Å². The summed E-state index contributed by atoms with van der Waals surface area (Å²) < 4.78 is 4.88. The van der Waals surface area contributed by atoms with Crippen LogP contribution < -0.4 is 0 Å². The fraction of sp³-hybridized carbons (Fsp3) is 0.667. The maximum Gasteiger partial charge on any atom is 0.410 e. The molecule has 1 aliphatic heterocycles. The highest BCUT2D eigenvalue weighted by atomic mass is 16.6. The highest BCUT2D eigenvalue weighted by molar-refractivity contribution is 5.80. The Balaban J connectivity index is 2.73. The average Bonchev–Trinajstić information content (AvgIpc) is 2.24. The van der Waals surface area contributed by atoms with Crippen molar-refractivity contribution in [3.63, 3.8) is 0 Å². The molecule has 1 amide bonds. The minimum Gasteiger partial charge on any atom is -0.480 e. The minimum absolute atomic E-state index is 0.0573. The van der Waals surface area contributed by atoms with Crippen LogP contribution in [0.1, 0.15) is 26.7 Å². The zero-order valence-corrected chi connectivity index (χ0v) is 10.3. The number of likely N-dealkylation sites (tertiary alicyclic amines) is 1. The first kappa shape index (κ1) is 13.5. The van der Waals surface area contributed by atoms with Crippen molar-refractivity contribution in [2.24, 2.45) is 5.41 Å². The van der Waals surface area contributed by atoms with Gasteiger partial charge in [-0.15, -0.1) is 0 Å². The lowest BCUT2D eigenvalue weighted by Crippen LogP contribution is -2.52. The van der Waals surface area contributed by atoms with E-state index >= 15 is 0 Å². The van der Waals surface area contributed by atoms with Crippen LogP contribution in [-0.4, -0.2) is 41.3 Å². The maximum atomic E-state index is 11.7. The Hall–Kier alpha value is -1.52. The van der Waals surface area contributed by atoms with Gasteiger partial charge in [0, 0.05) is 6.54 Å². The topological polar surface area (TPSA) is 66.8 Å². The van der Waals surface area contributed by atoms with Crippen LogP contribution in [0.4, 0.5) is 4.79 Å². The van der Waals surface area contributed by atoms with Gasteiger partial charge < -0.3 is 9.84 Å². The van der Waals surface area contributed by atoms with Gasteiger partial charge in [0.15, 0.2) is 0 Å². The first-order chi connectivity index (χ1) is 7.87. The van der Waals surface area contributed by atoms with Crippen molar-refractivity contribution in [2.45, 2.75) is 32.7 Å². The standard InChI is InChI=1S/C12H19NO4/c1-4-7-17-11(16)13-6-5-12(2,3)8-9(13)10(14)15/h4,9H,1,5-8H2,2-3H3,(H,14,15). The highest BCUT2D eigenvalue weighted by Gasteiger charge is 2.40. The third-order valence-corrected chi connectivity index (χ3v) is 3.00. The van der Waals surface area contributed by atoms with E-state index in [-0.39, 0.29) is 12.0 Å². The number of hydrogen-bond acceptors (Lipinski definition) is 3. The largest absolute Gasteiger partial charge is 0.480 e. The third kappa shape index (κ3) is 3.47. The summed E-state index contributed by atoms with van der Waals surface area (Å²) in [4.78, 5) is 24.1. The molecule has 0 aromatic carbocycles. The number of rotatable bonds is 3. The molecule has 1 N–H and O–H groups in total. The number of ether oxygens (including phenoxy) is 1. The molecule has 1 rings (SSSR count). The van der Waals surface area contributed by atoms with Crippen LogP contribution in [0.3, 0.4) is 0 Å². The number of carbonyl (C=O) groups excluding carboxylic acids is 1. The Morgan fingerprint density at radius 1 is 1.59 bits per heavy atom. The summed E-state index contributed by atoms with van der Waals surface area (Å²) in [5, 5.41) is 9.15. The highest BCUT2D eigenvalue weighted by Crippen LogP contribution is 2.34.